The molecule has 2 aliphatic heterocycles. The van der Waals surface area contributed by atoms with Gasteiger partial charge in [-0.05, 0) is 38.7 Å². The number of ether oxygens (including phenoxy) is 1. The number of likely N-dealkylation sites (tertiary alicyclic amines) is 1. The number of urea groups is 1. The lowest BCUT2D eigenvalue weighted by Crippen LogP contribution is -2.55. The van der Waals surface area contributed by atoms with Crippen molar-refractivity contribution in [3.63, 3.8) is 0 Å². The van der Waals surface area contributed by atoms with Gasteiger partial charge in [-0.2, -0.15) is 0 Å². The smallest absolute Gasteiger partial charge is 0.317 e. The number of hydrogen-bond donors (Lipinski definition) is 1. The van der Waals surface area contributed by atoms with E-state index in [4.69, 9.17) is 4.74 Å². The average molecular weight is 373 g/mol. The number of nitrogens with zero attached hydrogens (tertiary/aromatic N) is 2. The topological polar surface area (TPSA) is 61.9 Å². The Morgan fingerprint density at radius 2 is 1.67 bits per heavy atom. The minimum Gasteiger partial charge on any atom is -0.372 e. The van der Waals surface area contributed by atoms with Gasteiger partial charge in [0.15, 0.2) is 0 Å². The van der Waals surface area contributed by atoms with Gasteiger partial charge in [-0.1, -0.05) is 30.3 Å². The van der Waals surface area contributed by atoms with Crippen molar-refractivity contribution in [2.45, 2.75) is 57.8 Å². The first-order chi connectivity index (χ1) is 13.0. The Labute approximate surface area is 161 Å². The van der Waals surface area contributed by atoms with Gasteiger partial charge in [0.2, 0.25) is 5.91 Å². The quantitative estimate of drug-likeness (QED) is 0.882. The van der Waals surface area contributed by atoms with E-state index in [0.717, 1.165) is 19.3 Å². The summed E-state index contributed by atoms with van der Waals surface area (Å²) >= 11 is 0. The van der Waals surface area contributed by atoms with Gasteiger partial charge >= 0.3 is 6.03 Å². The predicted molar refractivity (Wildman–Crippen MR) is 104 cm³/mol. The second-order valence-electron chi connectivity index (χ2n) is 7.75. The highest BCUT2D eigenvalue weighted by atomic mass is 16.5. The van der Waals surface area contributed by atoms with Crippen molar-refractivity contribution in [1.82, 2.24) is 15.1 Å². The molecule has 6 heteroatoms. The number of nitrogens with one attached hydrogen (secondary N) is 1. The van der Waals surface area contributed by atoms with Crippen molar-refractivity contribution >= 4 is 11.9 Å². The van der Waals surface area contributed by atoms with Crippen LogP contribution in [0.25, 0.3) is 0 Å². The van der Waals surface area contributed by atoms with E-state index < -0.39 is 0 Å². The first-order valence-electron chi connectivity index (χ1n) is 10.0. The van der Waals surface area contributed by atoms with Crippen molar-refractivity contribution in [2.24, 2.45) is 0 Å². The standard InChI is InChI=1S/C21H31N3O3/c1-16-14-24(15-17(2)27-16)21(26)22-19-10-12-23(13-11-19)20(25)9-8-18-6-4-3-5-7-18/h3-7,16-17,19H,8-15H2,1-2H3,(H,22,26)/t16-,17+. The molecule has 6 nitrogen and oxygen atoms in total. The molecule has 2 heterocycles. The molecule has 2 atom stereocenters. The van der Waals surface area contributed by atoms with Crippen LogP contribution in [-0.2, 0) is 16.0 Å². The molecule has 0 spiro atoms. The molecular weight excluding hydrogens is 342 g/mol. The number of rotatable bonds is 4. The molecular formula is C21H31N3O3. The van der Waals surface area contributed by atoms with Crippen LogP contribution in [0, 0.1) is 0 Å². The Bertz CT molecular complexity index is 619. The monoisotopic (exact) mass is 373 g/mol. The van der Waals surface area contributed by atoms with Crippen LogP contribution in [-0.4, -0.2) is 66.2 Å². The largest absolute Gasteiger partial charge is 0.372 e. The maximum atomic E-state index is 12.5. The second kappa shape index (κ2) is 9.22. The van der Waals surface area contributed by atoms with Crippen LogP contribution in [0.3, 0.4) is 0 Å². The normalized spacial score (nSPS) is 23.9. The van der Waals surface area contributed by atoms with E-state index in [1.165, 1.54) is 5.56 Å². The fourth-order valence-electron chi connectivity index (χ4n) is 3.94. The van der Waals surface area contributed by atoms with E-state index in [0.29, 0.717) is 32.6 Å². The van der Waals surface area contributed by atoms with Gasteiger partial charge in [0, 0.05) is 38.6 Å². The Kier molecular flexibility index (Phi) is 6.72. The lowest BCUT2D eigenvalue weighted by molar-refractivity contribution is -0.132. The SMILES string of the molecule is C[C@@H]1CN(C(=O)NC2CCN(C(=O)CCc3ccccc3)CC2)C[C@H](C)O1. The molecule has 0 bridgehead atoms. The predicted octanol–water partition coefficient (Wildman–Crippen LogP) is 2.43. The molecule has 3 rings (SSSR count). The molecule has 1 aromatic carbocycles. The van der Waals surface area contributed by atoms with Crippen LogP contribution < -0.4 is 5.32 Å². The summed E-state index contributed by atoms with van der Waals surface area (Å²) < 4.78 is 5.69. The number of benzene rings is 1. The first-order valence-corrected chi connectivity index (χ1v) is 10.0. The Morgan fingerprint density at radius 3 is 2.30 bits per heavy atom. The maximum Gasteiger partial charge on any atom is 0.317 e. The molecule has 0 aliphatic carbocycles. The molecule has 1 N–H and O–H groups in total. The van der Waals surface area contributed by atoms with E-state index in [2.05, 4.69) is 17.4 Å². The van der Waals surface area contributed by atoms with E-state index in [1.54, 1.807) is 0 Å². The van der Waals surface area contributed by atoms with Crippen LogP contribution in [0.4, 0.5) is 4.79 Å². The Balaban J connectivity index is 1.39. The Morgan fingerprint density at radius 1 is 1.04 bits per heavy atom. The fourth-order valence-corrected chi connectivity index (χ4v) is 3.94. The number of morpholine rings is 1. The number of aryl methyl sites for hydroxylation is 1. The summed E-state index contributed by atoms with van der Waals surface area (Å²) in [7, 11) is 0. The third kappa shape index (κ3) is 5.70. The second-order valence-corrected chi connectivity index (χ2v) is 7.75. The summed E-state index contributed by atoms with van der Waals surface area (Å²) in [6, 6.07) is 10.2. The van der Waals surface area contributed by atoms with Crippen molar-refractivity contribution < 1.29 is 14.3 Å². The minimum atomic E-state index is -0.00847. The van der Waals surface area contributed by atoms with Gasteiger partial charge in [0.25, 0.3) is 0 Å². The zero-order valence-electron chi connectivity index (χ0n) is 16.4. The first kappa shape index (κ1) is 19.7. The summed E-state index contributed by atoms with van der Waals surface area (Å²) in [5.41, 5.74) is 1.20. The van der Waals surface area contributed by atoms with Gasteiger partial charge in [0.05, 0.1) is 12.2 Å². The van der Waals surface area contributed by atoms with E-state index in [1.807, 2.05) is 41.8 Å². The molecule has 0 saturated carbocycles. The summed E-state index contributed by atoms with van der Waals surface area (Å²) in [5, 5.41) is 3.14. The zero-order valence-corrected chi connectivity index (χ0v) is 16.4. The van der Waals surface area contributed by atoms with Gasteiger partial charge in [-0.15, -0.1) is 0 Å². The highest BCUT2D eigenvalue weighted by Crippen LogP contribution is 2.15. The molecule has 2 saturated heterocycles. The number of carbonyl (C=O) groups is 2. The number of amides is 3. The van der Waals surface area contributed by atoms with Crippen molar-refractivity contribution in [3.05, 3.63) is 35.9 Å². The van der Waals surface area contributed by atoms with Crippen LogP contribution >= 0.6 is 0 Å². The number of hydrogen-bond acceptors (Lipinski definition) is 3. The molecule has 0 aromatic heterocycles. The van der Waals surface area contributed by atoms with Crippen LogP contribution in [0.15, 0.2) is 30.3 Å². The van der Waals surface area contributed by atoms with Crippen LogP contribution in [0.2, 0.25) is 0 Å². The summed E-state index contributed by atoms with van der Waals surface area (Å²) in [5.74, 6) is 0.208. The highest BCUT2D eigenvalue weighted by molar-refractivity contribution is 5.77. The van der Waals surface area contributed by atoms with Gasteiger partial charge < -0.3 is 19.9 Å². The molecule has 2 fully saturated rings. The highest BCUT2D eigenvalue weighted by Gasteiger charge is 2.29. The van der Waals surface area contributed by atoms with Gasteiger partial charge in [0.1, 0.15) is 0 Å². The number of piperidine rings is 1. The zero-order chi connectivity index (χ0) is 19.2. The summed E-state index contributed by atoms with van der Waals surface area (Å²) in [6.07, 6.45) is 3.11. The molecule has 2 aliphatic rings. The van der Waals surface area contributed by atoms with Crippen LogP contribution in [0.1, 0.15) is 38.7 Å². The third-order valence-electron chi connectivity index (χ3n) is 5.35. The fraction of sp³-hybridized carbons (Fsp3) is 0.619. The lowest BCUT2D eigenvalue weighted by atomic mass is 10.0. The van der Waals surface area contributed by atoms with Gasteiger partial charge in [-0.3, -0.25) is 4.79 Å². The third-order valence-corrected chi connectivity index (χ3v) is 5.35. The van der Waals surface area contributed by atoms with Crippen molar-refractivity contribution in [2.75, 3.05) is 26.2 Å². The molecule has 0 unspecified atom stereocenters. The molecule has 27 heavy (non-hydrogen) atoms. The lowest BCUT2D eigenvalue weighted by Gasteiger charge is -2.37. The van der Waals surface area contributed by atoms with Crippen LogP contribution in [0.5, 0.6) is 0 Å². The Hall–Kier alpha value is -2.08. The maximum absolute atomic E-state index is 12.5. The summed E-state index contributed by atoms with van der Waals surface area (Å²) in [4.78, 5) is 28.7. The van der Waals surface area contributed by atoms with Crippen molar-refractivity contribution in [3.8, 4) is 0 Å². The molecule has 1 aromatic rings. The molecule has 3 amide bonds. The van der Waals surface area contributed by atoms with Gasteiger partial charge in [-0.25, -0.2) is 4.79 Å². The van der Waals surface area contributed by atoms with E-state index >= 15 is 0 Å². The minimum absolute atomic E-state index is 0.00847. The summed E-state index contributed by atoms with van der Waals surface area (Å²) in [6.45, 7) is 6.69. The molecule has 148 valence electrons. The van der Waals surface area contributed by atoms with E-state index in [-0.39, 0.29) is 30.2 Å². The number of carbonyl (C=O) groups excluding carboxylic acids is 2. The van der Waals surface area contributed by atoms with E-state index in [9.17, 15) is 9.59 Å². The van der Waals surface area contributed by atoms with Crippen molar-refractivity contribution in [1.29, 1.82) is 0 Å². The molecule has 0 radical (unpaired) electrons. The average Bonchev–Trinajstić information content (AvgIpc) is 2.66.